The van der Waals surface area contributed by atoms with Crippen LogP contribution in [0.3, 0.4) is 0 Å². The Labute approximate surface area is 190 Å². The van der Waals surface area contributed by atoms with Crippen LogP contribution in [0.1, 0.15) is 18.9 Å². The number of methoxy groups -OCH3 is 1. The number of esters is 1. The van der Waals surface area contributed by atoms with E-state index in [1.807, 2.05) is 13.0 Å². The minimum Gasteiger partial charge on any atom is -0.493 e. The average Bonchev–Trinajstić information content (AvgIpc) is 2.77. The van der Waals surface area contributed by atoms with Gasteiger partial charge < -0.3 is 19.5 Å². The lowest BCUT2D eigenvalue weighted by atomic mass is 10.1. The topological polar surface area (TPSA) is 97.7 Å². The number of hydrogen-bond donors (Lipinski definition) is 1. The molecule has 0 saturated carbocycles. The van der Waals surface area contributed by atoms with E-state index in [9.17, 15) is 14.9 Å². The van der Waals surface area contributed by atoms with Crippen LogP contribution < -0.4 is 19.5 Å². The molecule has 0 radical (unpaired) electrons. The second-order valence-corrected chi connectivity index (χ2v) is 7.02. The molecule has 0 aliphatic carbocycles. The molecule has 2 rings (SSSR count). The molecule has 31 heavy (non-hydrogen) atoms. The van der Waals surface area contributed by atoms with E-state index in [1.54, 1.807) is 24.3 Å². The summed E-state index contributed by atoms with van der Waals surface area (Å²) in [5.41, 5.74) is 0.480. The summed E-state index contributed by atoms with van der Waals surface area (Å²) in [5.74, 6) is -0.498. The van der Waals surface area contributed by atoms with E-state index in [2.05, 4.69) is 5.32 Å². The van der Waals surface area contributed by atoms with E-state index in [4.69, 9.17) is 37.4 Å². The highest BCUT2D eigenvalue weighted by Crippen LogP contribution is 2.30. The fourth-order valence-electron chi connectivity index (χ4n) is 2.38. The largest absolute Gasteiger partial charge is 0.493 e. The lowest BCUT2D eigenvalue weighted by Crippen LogP contribution is -2.25. The van der Waals surface area contributed by atoms with E-state index >= 15 is 0 Å². The van der Waals surface area contributed by atoms with Crippen LogP contribution in [0.15, 0.2) is 42.0 Å². The molecule has 9 heteroatoms. The molecule has 1 N–H and O–H groups in total. The molecular formula is C22H20Cl2N2O5. The normalized spacial score (nSPS) is 10.7. The molecular weight excluding hydrogens is 443 g/mol. The number of nitrogens with one attached hydrogen (secondary N) is 1. The van der Waals surface area contributed by atoms with Gasteiger partial charge in [0.2, 0.25) is 0 Å². The Morgan fingerprint density at radius 1 is 1.13 bits per heavy atom. The minimum atomic E-state index is -0.686. The van der Waals surface area contributed by atoms with Crippen molar-refractivity contribution in [3.8, 4) is 23.3 Å². The van der Waals surface area contributed by atoms with Crippen molar-refractivity contribution in [2.45, 2.75) is 13.3 Å². The smallest absolute Gasteiger partial charge is 0.349 e. The van der Waals surface area contributed by atoms with Crippen molar-refractivity contribution in [1.82, 2.24) is 5.32 Å². The minimum absolute atomic E-state index is 0.0490. The Morgan fingerprint density at radius 2 is 1.90 bits per heavy atom. The SMILES string of the molecule is CCCNC(=O)/C(C#N)=C/c1ccc(OC(=O)COc2cc(Cl)ccc2Cl)c(OC)c1. The Morgan fingerprint density at radius 3 is 2.58 bits per heavy atom. The zero-order valence-corrected chi connectivity index (χ0v) is 18.4. The second-order valence-electron chi connectivity index (χ2n) is 6.17. The van der Waals surface area contributed by atoms with E-state index in [1.165, 1.54) is 25.3 Å². The number of carbonyl (C=O) groups is 2. The highest BCUT2D eigenvalue weighted by atomic mass is 35.5. The van der Waals surface area contributed by atoms with Crippen LogP contribution in [-0.2, 0) is 9.59 Å². The van der Waals surface area contributed by atoms with Gasteiger partial charge in [-0.05, 0) is 42.3 Å². The molecule has 0 unspecified atom stereocenters. The quantitative estimate of drug-likeness (QED) is 0.256. The Kier molecular flexibility index (Phi) is 9.19. The summed E-state index contributed by atoms with van der Waals surface area (Å²) in [7, 11) is 1.40. The maximum absolute atomic E-state index is 12.2. The van der Waals surface area contributed by atoms with Gasteiger partial charge in [0.1, 0.15) is 17.4 Å². The first kappa shape index (κ1) is 24.1. The summed E-state index contributed by atoms with van der Waals surface area (Å²) < 4.78 is 15.9. The first-order valence-corrected chi connectivity index (χ1v) is 10.00. The van der Waals surface area contributed by atoms with Crippen LogP contribution >= 0.6 is 23.2 Å². The van der Waals surface area contributed by atoms with Crippen molar-refractivity contribution in [1.29, 1.82) is 5.26 Å². The van der Waals surface area contributed by atoms with Crippen molar-refractivity contribution in [3.63, 3.8) is 0 Å². The van der Waals surface area contributed by atoms with Gasteiger partial charge in [0.05, 0.1) is 12.1 Å². The first-order valence-electron chi connectivity index (χ1n) is 9.24. The van der Waals surface area contributed by atoms with Crippen LogP contribution in [-0.4, -0.2) is 32.1 Å². The summed E-state index contributed by atoms with van der Waals surface area (Å²) in [6.45, 7) is 1.98. The number of rotatable bonds is 9. The number of nitrogens with zero attached hydrogens (tertiary/aromatic N) is 1. The third kappa shape index (κ3) is 7.21. The number of halogens is 2. The average molecular weight is 463 g/mol. The Balaban J connectivity index is 2.09. The van der Waals surface area contributed by atoms with Gasteiger partial charge in [0.15, 0.2) is 18.1 Å². The van der Waals surface area contributed by atoms with E-state index < -0.39 is 18.5 Å². The summed E-state index contributed by atoms with van der Waals surface area (Å²) in [6, 6.07) is 11.1. The molecule has 0 saturated heterocycles. The summed E-state index contributed by atoms with van der Waals surface area (Å²) in [5, 5.41) is 12.6. The summed E-state index contributed by atoms with van der Waals surface area (Å²) >= 11 is 11.9. The van der Waals surface area contributed by atoms with Crippen molar-refractivity contribution >= 4 is 41.2 Å². The van der Waals surface area contributed by atoms with Gasteiger partial charge in [-0.3, -0.25) is 4.79 Å². The van der Waals surface area contributed by atoms with Crippen molar-refractivity contribution in [2.75, 3.05) is 20.3 Å². The van der Waals surface area contributed by atoms with E-state index in [-0.39, 0.29) is 22.8 Å². The molecule has 1 amide bonds. The monoisotopic (exact) mass is 462 g/mol. The number of benzene rings is 2. The van der Waals surface area contributed by atoms with E-state index in [0.717, 1.165) is 6.42 Å². The van der Waals surface area contributed by atoms with Crippen LogP contribution in [0.5, 0.6) is 17.2 Å². The van der Waals surface area contributed by atoms with Gasteiger partial charge in [-0.15, -0.1) is 0 Å². The Bertz CT molecular complexity index is 1030. The Hall–Kier alpha value is -3.21. The van der Waals surface area contributed by atoms with Gasteiger partial charge >= 0.3 is 5.97 Å². The maximum Gasteiger partial charge on any atom is 0.349 e. The van der Waals surface area contributed by atoms with Gasteiger partial charge in [-0.1, -0.05) is 36.2 Å². The zero-order valence-electron chi connectivity index (χ0n) is 16.9. The number of nitriles is 1. The lowest BCUT2D eigenvalue weighted by Gasteiger charge is -2.11. The molecule has 0 fully saturated rings. The van der Waals surface area contributed by atoms with Crippen molar-refractivity contribution < 1.29 is 23.8 Å². The van der Waals surface area contributed by atoms with Crippen LogP contribution in [0, 0.1) is 11.3 Å². The molecule has 162 valence electrons. The van der Waals surface area contributed by atoms with Gasteiger partial charge in [0.25, 0.3) is 5.91 Å². The molecule has 0 spiro atoms. The summed E-state index contributed by atoms with van der Waals surface area (Å²) in [4.78, 5) is 24.2. The molecule has 7 nitrogen and oxygen atoms in total. The second kappa shape index (κ2) is 11.8. The molecule has 0 heterocycles. The molecule has 0 aliphatic rings. The zero-order chi connectivity index (χ0) is 22.8. The maximum atomic E-state index is 12.2. The van der Waals surface area contributed by atoms with Crippen LogP contribution in [0.2, 0.25) is 10.0 Å². The highest BCUT2D eigenvalue weighted by molar-refractivity contribution is 6.34. The van der Waals surface area contributed by atoms with Crippen LogP contribution in [0.25, 0.3) is 6.08 Å². The molecule has 0 atom stereocenters. The molecule has 2 aromatic rings. The van der Waals surface area contributed by atoms with Gasteiger partial charge in [0, 0.05) is 17.6 Å². The van der Waals surface area contributed by atoms with Crippen molar-refractivity contribution in [3.05, 3.63) is 57.6 Å². The molecule has 0 aliphatic heterocycles. The van der Waals surface area contributed by atoms with Crippen molar-refractivity contribution in [2.24, 2.45) is 0 Å². The standard InChI is InChI=1S/C22H20Cl2N2O5/c1-3-8-26-22(28)15(12-25)9-14-4-7-18(20(10-14)29-2)31-21(27)13-30-19-11-16(23)5-6-17(19)24/h4-7,9-11H,3,8,13H2,1-2H3,(H,26,28)/b15-9+. The molecule has 2 aromatic carbocycles. The van der Waals surface area contributed by atoms with Gasteiger partial charge in [-0.2, -0.15) is 5.26 Å². The fraction of sp³-hybridized carbons (Fsp3) is 0.227. The van der Waals surface area contributed by atoms with Crippen LogP contribution in [0.4, 0.5) is 0 Å². The predicted molar refractivity (Wildman–Crippen MR) is 117 cm³/mol. The fourth-order valence-corrected chi connectivity index (χ4v) is 2.72. The van der Waals surface area contributed by atoms with E-state index in [0.29, 0.717) is 22.2 Å². The summed E-state index contributed by atoms with van der Waals surface area (Å²) in [6.07, 6.45) is 2.18. The number of ether oxygens (including phenoxy) is 3. The first-order chi connectivity index (χ1) is 14.9. The number of carbonyl (C=O) groups excluding carboxylic acids is 2. The third-order valence-electron chi connectivity index (χ3n) is 3.86. The van der Waals surface area contributed by atoms with Gasteiger partial charge in [-0.25, -0.2) is 4.79 Å². The predicted octanol–water partition coefficient (Wildman–Crippen LogP) is 4.42. The molecule has 0 bridgehead atoms. The number of amides is 1. The highest BCUT2D eigenvalue weighted by Gasteiger charge is 2.14. The molecule has 0 aromatic heterocycles. The number of hydrogen-bond acceptors (Lipinski definition) is 6. The lowest BCUT2D eigenvalue weighted by molar-refractivity contribution is -0.136. The third-order valence-corrected chi connectivity index (χ3v) is 4.41.